The van der Waals surface area contributed by atoms with Crippen LogP contribution in [0.3, 0.4) is 0 Å². The molecular formula is C15H31NO3. The van der Waals surface area contributed by atoms with Crippen molar-refractivity contribution in [1.82, 2.24) is 5.32 Å². The number of unbranched alkanes of at least 4 members (excludes halogenated alkanes) is 1. The van der Waals surface area contributed by atoms with Gasteiger partial charge in [0, 0.05) is 6.61 Å². The molecular weight excluding hydrogens is 242 g/mol. The Morgan fingerprint density at radius 2 is 1.74 bits per heavy atom. The van der Waals surface area contributed by atoms with Crippen molar-refractivity contribution in [2.45, 2.75) is 71.9 Å². The van der Waals surface area contributed by atoms with Gasteiger partial charge < -0.3 is 14.8 Å². The highest BCUT2D eigenvalue weighted by Gasteiger charge is 2.32. The fourth-order valence-electron chi connectivity index (χ4n) is 1.90. The van der Waals surface area contributed by atoms with Crippen LogP contribution < -0.4 is 5.32 Å². The molecule has 0 bridgehead atoms. The number of esters is 1. The van der Waals surface area contributed by atoms with Gasteiger partial charge in [-0.2, -0.15) is 0 Å². The molecule has 1 unspecified atom stereocenters. The SMILES string of the molecule is CCNC(C)(CCCCOC(C)(C)C)C(=O)OCC. The fraction of sp³-hybridized carbons (Fsp3) is 0.933. The number of carbonyl (C=O) groups is 1. The standard InChI is InChI=1S/C15H31NO3/c1-7-16-15(6,13(17)18-8-2)11-9-10-12-19-14(3,4)5/h16H,7-12H2,1-6H3. The number of hydrogen-bond donors (Lipinski definition) is 1. The zero-order chi connectivity index (χ0) is 14.9. The maximum atomic E-state index is 12.0. The minimum atomic E-state index is -0.577. The Bertz CT molecular complexity index is 261. The van der Waals surface area contributed by atoms with E-state index >= 15 is 0 Å². The quantitative estimate of drug-likeness (QED) is 0.518. The van der Waals surface area contributed by atoms with Crippen LogP contribution in [0.25, 0.3) is 0 Å². The van der Waals surface area contributed by atoms with Gasteiger partial charge in [0.2, 0.25) is 0 Å². The van der Waals surface area contributed by atoms with Gasteiger partial charge in [-0.15, -0.1) is 0 Å². The van der Waals surface area contributed by atoms with Crippen molar-refractivity contribution in [3.8, 4) is 0 Å². The number of ether oxygens (including phenoxy) is 2. The van der Waals surface area contributed by atoms with Gasteiger partial charge in [0.15, 0.2) is 0 Å². The molecule has 4 nitrogen and oxygen atoms in total. The molecule has 0 heterocycles. The summed E-state index contributed by atoms with van der Waals surface area (Å²) in [6.07, 6.45) is 2.67. The van der Waals surface area contributed by atoms with Crippen molar-refractivity contribution in [3.05, 3.63) is 0 Å². The van der Waals surface area contributed by atoms with Crippen molar-refractivity contribution in [3.63, 3.8) is 0 Å². The first-order valence-corrected chi connectivity index (χ1v) is 7.31. The van der Waals surface area contributed by atoms with E-state index in [1.807, 2.05) is 41.5 Å². The first kappa shape index (κ1) is 18.4. The van der Waals surface area contributed by atoms with E-state index in [1.54, 1.807) is 0 Å². The summed E-state index contributed by atoms with van der Waals surface area (Å²) in [6.45, 7) is 13.8. The Morgan fingerprint density at radius 1 is 1.11 bits per heavy atom. The molecule has 0 radical (unpaired) electrons. The van der Waals surface area contributed by atoms with Crippen LogP contribution in [0.2, 0.25) is 0 Å². The molecule has 0 amide bonds. The van der Waals surface area contributed by atoms with Gasteiger partial charge in [-0.05, 0) is 60.4 Å². The topological polar surface area (TPSA) is 47.6 Å². The van der Waals surface area contributed by atoms with E-state index in [0.29, 0.717) is 6.61 Å². The lowest BCUT2D eigenvalue weighted by molar-refractivity contribution is -0.150. The predicted octanol–water partition coefficient (Wildman–Crippen LogP) is 2.90. The summed E-state index contributed by atoms with van der Waals surface area (Å²) < 4.78 is 10.8. The monoisotopic (exact) mass is 273 g/mol. The molecule has 4 heteroatoms. The van der Waals surface area contributed by atoms with Crippen LogP contribution in [0.4, 0.5) is 0 Å². The minimum absolute atomic E-state index is 0.0912. The maximum absolute atomic E-state index is 12.0. The summed E-state index contributed by atoms with van der Waals surface area (Å²) in [7, 11) is 0. The maximum Gasteiger partial charge on any atom is 0.326 e. The van der Waals surface area contributed by atoms with Crippen LogP contribution in [0.1, 0.15) is 60.8 Å². The summed E-state index contributed by atoms with van der Waals surface area (Å²) in [4.78, 5) is 12.0. The average molecular weight is 273 g/mol. The van der Waals surface area contributed by atoms with Crippen molar-refractivity contribution in [1.29, 1.82) is 0 Å². The molecule has 19 heavy (non-hydrogen) atoms. The van der Waals surface area contributed by atoms with E-state index in [2.05, 4.69) is 5.32 Å². The number of likely N-dealkylation sites (N-methyl/N-ethyl adjacent to an activating group) is 1. The Morgan fingerprint density at radius 3 is 2.21 bits per heavy atom. The molecule has 0 aromatic heterocycles. The fourth-order valence-corrected chi connectivity index (χ4v) is 1.90. The molecule has 1 atom stereocenters. The second-order valence-corrected chi connectivity index (χ2v) is 6.00. The van der Waals surface area contributed by atoms with Gasteiger partial charge in [0.1, 0.15) is 5.54 Å². The Hall–Kier alpha value is -0.610. The highest BCUT2D eigenvalue weighted by molar-refractivity contribution is 5.80. The van der Waals surface area contributed by atoms with Crippen LogP contribution in [0.5, 0.6) is 0 Å². The first-order valence-electron chi connectivity index (χ1n) is 7.31. The van der Waals surface area contributed by atoms with Crippen LogP contribution >= 0.6 is 0 Å². The third-order valence-electron chi connectivity index (χ3n) is 2.90. The zero-order valence-corrected chi connectivity index (χ0v) is 13.5. The third-order valence-corrected chi connectivity index (χ3v) is 2.90. The molecule has 1 N–H and O–H groups in total. The average Bonchev–Trinajstić information content (AvgIpc) is 2.27. The van der Waals surface area contributed by atoms with Gasteiger partial charge in [-0.25, -0.2) is 0 Å². The largest absolute Gasteiger partial charge is 0.465 e. The van der Waals surface area contributed by atoms with Gasteiger partial charge in [-0.1, -0.05) is 6.92 Å². The molecule has 0 aliphatic carbocycles. The molecule has 114 valence electrons. The summed E-state index contributed by atoms with van der Waals surface area (Å²) in [5, 5.41) is 3.24. The van der Waals surface area contributed by atoms with Crippen LogP contribution in [-0.2, 0) is 14.3 Å². The molecule has 0 saturated heterocycles. The van der Waals surface area contributed by atoms with Gasteiger partial charge >= 0.3 is 5.97 Å². The highest BCUT2D eigenvalue weighted by Crippen LogP contribution is 2.17. The number of hydrogen-bond acceptors (Lipinski definition) is 4. The molecule has 0 rings (SSSR count). The van der Waals surface area contributed by atoms with E-state index in [1.165, 1.54) is 0 Å². The van der Waals surface area contributed by atoms with Gasteiger partial charge in [0.25, 0.3) is 0 Å². The minimum Gasteiger partial charge on any atom is -0.465 e. The Labute approximate surface area is 118 Å². The van der Waals surface area contributed by atoms with E-state index in [0.717, 1.165) is 32.4 Å². The number of carbonyl (C=O) groups excluding carboxylic acids is 1. The molecule has 0 aromatic carbocycles. The Kier molecular flexibility index (Phi) is 8.26. The first-order chi connectivity index (χ1) is 8.75. The third kappa shape index (κ3) is 8.22. The Balaban J connectivity index is 4.11. The van der Waals surface area contributed by atoms with E-state index < -0.39 is 5.54 Å². The van der Waals surface area contributed by atoms with E-state index in [-0.39, 0.29) is 11.6 Å². The van der Waals surface area contributed by atoms with Crippen molar-refractivity contribution in [2.75, 3.05) is 19.8 Å². The highest BCUT2D eigenvalue weighted by atomic mass is 16.5. The molecule has 0 spiro atoms. The molecule has 0 aromatic rings. The van der Waals surface area contributed by atoms with Crippen molar-refractivity contribution >= 4 is 5.97 Å². The molecule has 0 aliphatic rings. The zero-order valence-electron chi connectivity index (χ0n) is 13.5. The second kappa shape index (κ2) is 8.54. The van der Waals surface area contributed by atoms with Crippen LogP contribution in [0, 0.1) is 0 Å². The van der Waals surface area contributed by atoms with E-state index in [4.69, 9.17) is 9.47 Å². The normalized spacial score (nSPS) is 15.1. The predicted molar refractivity (Wildman–Crippen MR) is 78.3 cm³/mol. The number of rotatable bonds is 9. The lowest BCUT2D eigenvalue weighted by Crippen LogP contribution is -2.50. The van der Waals surface area contributed by atoms with Crippen LogP contribution in [0.15, 0.2) is 0 Å². The molecule has 0 aliphatic heterocycles. The summed E-state index contributed by atoms with van der Waals surface area (Å²) in [5.41, 5.74) is -0.668. The molecule has 0 saturated carbocycles. The summed E-state index contributed by atoms with van der Waals surface area (Å²) in [6, 6.07) is 0. The number of nitrogens with one attached hydrogen (secondary N) is 1. The van der Waals surface area contributed by atoms with E-state index in [9.17, 15) is 4.79 Å². The lowest BCUT2D eigenvalue weighted by Gasteiger charge is -2.28. The lowest BCUT2D eigenvalue weighted by atomic mass is 9.95. The molecule has 0 fully saturated rings. The summed E-state index contributed by atoms with van der Waals surface area (Å²) in [5.74, 6) is -0.159. The van der Waals surface area contributed by atoms with Crippen molar-refractivity contribution in [2.24, 2.45) is 0 Å². The van der Waals surface area contributed by atoms with Crippen LogP contribution in [-0.4, -0.2) is 36.9 Å². The van der Waals surface area contributed by atoms with Gasteiger partial charge in [0.05, 0.1) is 12.2 Å². The summed E-state index contributed by atoms with van der Waals surface area (Å²) >= 11 is 0. The second-order valence-electron chi connectivity index (χ2n) is 6.00. The van der Waals surface area contributed by atoms with Gasteiger partial charge in [-0.3, -0.25) is 4.79 Å². The van der Waals surface area contributed by atoms with Crippen molar-refractivity contribution < 1.29 is 14.3 Å². The smallest absolute Gasteiger partial charge is 0.326 e.